The predicted molar refractivity (Wildman–Crippen MR) is 119 cm³/mol. The minimum absolute atomic E-state index is 0. The molecule has 0 aliphatic carbocycles. The first kappa shape index (κ1) is 22.6. The summed E-state index contributed by atoms with van der Waals surface area (Å²) in [4.78, 5) is 15.3. The minimum atomic E-state index is 0. The Morgan fingerprint density at radius 2 is 2.16 bits per heavy atom. The maximum absolute atomic E-state index is 4.49. The number of guanidine groups is 1. The third kappa shape index (κ3) is 7.02. The average Bonchev–Trinajstić information content (AvgIpc) is 3.26. The van der Waals surface area contributed by atoms with Crippen LogP contribution in [-0.4, -0.2) is 67.1 Å². The van der Waals surface area contributed by atoms with Crippen LogP contribution in [0.3, 0.4) is 0 Å². The average molecular weight is 479 g/mol. The molecule has 1 N–H and O–H groups in total. The molecular formula is C18H34IN5S. The predicted octanol–water partition coefficient (Wildman–Crippen LogP) is 3.11. The van der Waals surface area contributed by atoms with Crippen molar-refractivity contribution in [3.05, 3.63) is 16.1 Å². The summed E-state index contributed by atoms with van der Waals surface area (Å²) < 4.78 is 0. The van der Waals surface area contributed by atoms with Gasteiger partial charge in [0.05, 0.1) is 5.01 Å². The van der Waals surface area contributed by atoms with E-state index in [4.69, 9.17) is 0 Å². The summed E-state index contributed by atoms with van der Waals surface area (Å²) in [5, 5.41) is 4.74. The van der Waals surface area contributed by atoms with Crippen LogP contribution in [0.5, 0.6) is 0 Å². The van der Waals surface area contributed by atoms with E-state index in [1.165, 1.54) is 22.9 Å². The number of aromatic nitrogens is 1. The van der Waals surface area contributed by atoms with E-state index in [1.54, 1.807) is 0 Å². The van der Waals surface area contributed by atoms with Gasteiger partial charge < -0.3 is 15.1 Å². The highest BCUT2D eigenvalue weighted by Gasteiger charge is 2.25. The summed E-state index contributed by atoms with van der Waals surface area (Å²) in [6.45, 7) is 13.3. The highest BCUT2D eigenvalue weighted by Crippen LogP contribution is 2.18. The van der Waals surface area contributed by atoms with Gasteiger partial charge in [-0.2, -0.15) is 0 Å². The van der Waals surface area contributed by atoms with Crippen LogP contribution in [0.4, 0.5) is 0 Å². The Bertz CT molecular complexity index is 515. The fraction of sp³-hybridized carbons (Fsp3) is 0.778. The number of halogens is 1. The number of hydrogen-bond acceptors (Lipinski definition) is 4. The van der Waals surface area contributed by atoms with E-state index in [0.717, 1.165) is 57.4 Å². The molecule has 0 saturated carbocycles. The van der Waals surface area contributed by atoms with Gasteiger partial charge in [0.15, 0.2) is 5.96 Å². The second-order valence-electron chi connectivity index (χ2n) is 6.38. The normalized spacial score (nSPS) is 17.9. The highest BCUT2D eigenvalue weighted by atomic mass is 127. The van der Waals surface area contributed by atoms with Gasteiger partial charge in [0.1, 0.15) is 0 Å². The van der Waals surface area contributed by atoms with Crippen molar-refractivity contribution >= 4 is 41.3 Å². The Balaban J connectivity index is 0.00000312. The molecular weight excluding hydrogens is 445 g/mol. The number of aliphatic imine (C=N–C) groups is 1. The molecule has 1 atom stereocenters. The zero-order valence-corrected chi connectivity index (χ0v) is 19.3. The molecule has 5 nitrogen and oxygen atoms in total. The lowest BCUT2D eigenvalue weighted by Gasteiger charge is -2.24. The Morgan fingerprint density at radius 3 is 2.76 bits per heavy atom. The van der Waals surface area contributed by atoms with Gasteiger partial charge in [-0.1, -0.05) is 20.8 Å². The van der Waals surface area contributed by atoms with E-state index in [0.29, 0.717) is 0 Å². The molecule has 1 aliphatic heterocycles. The van der Waals surface area contributed by atoms with Gasteiger partial charge in [0.2, 0.25) is 0 Å². The Kier molecular flexibility index (Phi) is 10.9. The lowest BCUT2D eigenvalue weighted by Crippen LogP contribution is -2.41. The smallest absolute Gasteiger partial charge is 0.193 e. The van der Waals surface area contributed by atoms with Gasteiger partial charge in [-0.15, -0.1) is 35.3 Å². The van der Waals surface area contributed by atoms with Crippen molar-refractivity contribution in [1.82, 2.24) is 20.1 Å². The van der Waals surface area contributed by atoms with Gasteiger partial charge in [0.25, 0.3) is 0 Å². The molecule has 7 heteroatoms. The summed E-state index contributed by atoms with van der Waals surface area (Å²) in [5.74, 6) is 1.80. The Hall–Kier alpha value is -0.410. The largest absolute Gasteiger partial charge is 0.356 e. The number of thiazole rings is 1. The maximum Gasteiger partial charge on any atom is 0.193 e. The van der Waals surface area contributed by atoms with Crippen LogP contribution >= 0.6 is 35.3 Å². The zero-order chi connectivity index (χ0) is 17.4. The van der Waals surface area contributed by atoms with Crippen molar-refractivity contribution in [2.24, 2.45) is 10.9 Å². The highest BCUT2D eigenvalue weighted by molar-refractivity contribution is 14.0. The van der Waals surface area contributed by atoms with Crippen molar-refractivity contribution < 1.29 is 0 Å². The number of rotatable bonds is 8. The van der Waals surface area contributed by atoms with Crippen molar-refractivity contribution in [2.45, 2.75) is 40.0 Å². The molecule has 1 aliphatic rings. The molecule has 0 amide bonds. The first-order valence-corrected chi connectivity index (χ1v) is 10.1. The second-order valence-corrected chi connectivity index (χ2v) is 7.58. The third-order valence-electron chi connectivity index (χ3n) is 4.78. The van der Waals surface area contributed by atoms with Crippen LogP contribution in [0.2, 0.25) is 0 Å². The van der Waals surface area contributed by atoms with Gasteiger partial charge >= 0.3 is 0 Å². The van der Waals surface area contributed by atoms with Crippen molar-refractivity contribution in [3.63, 3.8) is 0 Å². The molecule has 2 heterocycles. The molecule has 144 valence electrons. The fourth-order valence-corrected chi connectivity index (χ4v) is 4.12. The van der Waals surface area contributed by atoms with Gasteiger partial charge in [-0.3, -0.25) is 4.99 Å². The molecule has 0 spiro atoms. The molecule has 1 aromatic rings. The van der Waals surface area contributed by atoms with Crippen LogP contribution in [-0.2, 0) is 12.8 Å². The van der Waals surface area contributed by atoms with E-state index in [1.807, 2.05) is 24.6 Å². The number of nitrogens with one attached hydrogen (secondary N) is 1. The van der Waals surface area contributed by atoms with Crippen LogP contribution in [0.25, 0.3) is 0 Å². The standard InChI is InChI=1S/C18H33N5S.HI/c1-5-16-12-21-17(24-16)8-10-20-18(19-4)23-11-9-15(14-23)13-22(6-2)7-3;/h12,15H,5-11,13-14H2,1-4H3,(H,19,20);1H. The van der Waals surface area contributed by atoms with Gasteiger partial charge in [0, 0.05) is 50.7 Å². The quantitative estimate of drug-likeness (QED) is 0.354. The molecule has 0 bridgehead atoms. The molecule has 1 aromatic heterocycles. The van der Waals surface area contributed by atoms with Crippen molar-refractivity contribution in [1.29, 1.82) is 0 Å². The van der Waals surface area contributed by atoms with E-state index < -0.39 is 0 Å². The van der Waals surface area contributed by atoms with E-state index in [2.05, 4.69) is 45.9 Å². The summed E-state index contributed by atoms with van der Waals surface area (Å²) >= 11 is 1.83. The van der Waals surface area contributed by atoms with Gasteiger partial charge in [-0.25, -0.2) is 4.98 Å². The third-order valence-corrected chi connectivity index (χ3v) is 5.98. The number of nitrogens with zero attached hydrogens (tertiary/aromatic N) is 4. The summed E-state index contributed by atoms with van der Waals surface area (Å²) in [5.41, 5.74) is 0. The molecule has 0 aromatic carbocycles. The lowest BCUT2D eigenvalue weighted by molar-refractivity contribution is 0.255. The molecule has 2 rings (SSSR count). The number of hydrogen-bond donors (Lipinski definition) is 1. The number of aryl methyl sites for hydroxylation is 1. The Labute approximate surface area is 174 Å². The van der Waals surface area contributed by atoms with E-state index in [-0.39, 0.29) is 24.0 Å². The SMILES string of the molecule is CCc1cnc(CCNC(=NC)N2CCC(CN(CC)CC)C2)s1.I. The van der Waals surface area contributed by atoms with Crippen LogP contribution in [0.15, 0.2) is 11.2 Å². The fourth-order valence-electron chi connectivity index (χ4n) is 3.26. The second kappa shape index (κ2) is 12.1. The topological polar surface area (TPSA) is 43.8 Å². The number of likely N-dealkylation sites (tertiary alicyclic amines) is 1. The summed E-state index contributed by atoms with van der Waals surface area (Å²) in [7, 11) is 1.89. The zero-order valence-electron chi connectivity index (χ0n) is 16.1. The van der Waals surface area contributed by atoms with Gasteiger partial charge in [-0.05, 0) is 31.8 Å². The maximum atomic E-state index is 4.49. The Morgan fingerprint density at radius 1 is 1.40 bits per heavy atom. The van der Waals surface area contributed by atoms with Crippen LogP contribution in [0.1, 0.15) is 37.1 Å². The molecule has 1 fully saturated rings. The van der Waals surface area contributed by atoms with Crippen molar-refractivity contribution in [2.75, 3.05) is 46.3 Å². The van der Waals surface area contributed by atoms with Crippen LogP contribution in [0, 0.1) is 5.92 Å². The first-order chi connectivity index (χ1) is 11.7. The van der Waals surface area contributed by atoms with Crippen LogP contribution < -0.4 is 5.32 Å². The summed E-state index contributed by atoms with van der Waals surface area (Å²) in [6.07, 6.45) is 5.32. The monoisotopic (exact) mass is 479 g/mol. The molecule has 25 heavy (non-hydrogen) atoms. The lowest BCUT2D eigenvalue weighted by atomic mass is 10.1. The molecule has 1 saturated heterocycles. The van der Waals surface area contributed by atoms with E-state index >= 15 is 0 Å². The van der Waals surface area contributed by atoms with Crippen molar-refractivity contribution in [3.8, 4) is 0 Å². The minimum Gasteiger partial charge on any atom is -0.356 e. The molecule has 0 radical (unpaired) electrons. The first-order valence-electron chi connectivity index (χ1n) is 9.31. The molecule has 1 unspecified atom stereocenters. The van der Waals surface area contributed by atoms with E-state index in [9.17, 15) is 0 Å². The summed E-state index contributed by atoms with van der Waals surface area (Å²) in [6, 6.07) is 0.